The van der Waals surface area contributed by atoms with Gasteiger partial charge >= 0.3 is 0 Å². The van der Waals surface area contributed by atoms with E-state index in [1.807, 2.05) is 0 Å². The average molecular weight is 553 g/mol. The summed E-state index contributed by atoms with van der Waals surface area (Å²) in [6.07, 6.45) is -4.45. The lowest BCUT2D eigenvalue weighted by Crippen LogP contribution is -2.36. The molecule has 3 rings (SSSR count). The van der Waals surface area contributed by atoms with Gasteiger partial charge in [0.05, 0.1) is 24.9 Å². The van der Waals surface area contributed by atoms with Crippen molar-refractivity contribution in [2.45, 2.75) is 24.9 Å². The van der Waals surface area contributed by atoms with Gasteiger partial charge in [0.25, 0.3) is 12.3 Å². The number of amides is 1. The molecule has 0 bridgehead atoms. The van der Waals surface area contributed by atoms with E-state index in [0.29, 0.717) is 0 Å². The number of carbonyl (C=O) groups is 2. The minimum absolute atomic E-state index is 0.0496. The van der Waals surface area contributed by atoms with Crippen molar-refractivity contribution in [3.8, 4) is 28.5 Å². The van der Waals surface area contributed by atoms with Crippen molar-refractivity contribution < 1.29 is 42.1 Å². The number of nitrogens with zero attached hydrogens (tertiary/aromatic N) is 1. The number of halogens is 4. The van der Waals surface area contributed by atoms with Gasteiger partial charge in [-0.25, -0.2) is 18.2 Å². The maximum atomic E-state index is 14.2. The summed E-state index contributed by atoms with van der Waals surface area (Å²) < 4.78 is 57.7. The van der Waals surface area contributed by atoms with Crippen LogP contribution in [0.1, 0.15) is 28.9 Å². The summed E-state index contributed by atoms with van der Waals surface area (Å²) >= 11 is 5.86. The summed E-state index contributed by atoms with van der Waals surface area (Å²) in [5, 5.41) is 10.8. The van der Waals surface area contributed by atoms with Crippen LogP contribution >= 0.6 is 11.6 Å². The van der Waals surface area contributed by atoms with Gasteiger partial charge in [-0.15, -0.1) is 0 Å². The van der Waals surface area contributed by atoms with Crippen LogP contribution < -0.4 is 19.9 Å². The molecule has 0 fully saturated rings. The summed E-state index contributed by atoms with van der Waals surface area (Å²) in [4.78, 5) is 28.0. The Morgan fingerprint density at radius 1 is 1.05 bits per heavy atom. The third-order valence-corrected chi connectivity index (χ3v) is 5.95. The molecule has 2 aromatic carbocycles. The number of methoxy groups -OCH3 is 2. The molecule has 0 aliphatic rings. The van der Waals surface area contributed by atoms with Crippen molar-refractivity contribution >= 4 is 23.3 Å². The summed E-state index contributed by atoms with van der Waals surface area (Å²) in [6, 6.07) is 10.2. The van der Waals surface area contributed by atoms with Crippen LogP contribution in [0.5, 0.6) is 17.2 Å². The van der Waals surface area contributed by atoms with Gasteiger partial charge in [0.1, 0.15) is 17.3 Å². The van der Waals surface area contributed by atoms with Crippen LogP contribution in [0.3, 0.4) is 0 Å². The average Bonchev–Trinajstić information content (AvgIpc) is 2.91. The lowest BCUT2D eigenvalue weighted by atomic mass is 9.90. The third-order valence-electron chi connectivity index (χ3n) is 5.66. The van der Waals surface area contributed by atoms with E-state index in [4.69, 9.17) is 31.5 Å². The monoisotopic (exact) mass is 552 g/mol. The molecule has 12 heteroatoms. The van der Waals surface area contributed by atoms with Crippen LogP contribution in [-0.4, -0.2) is 49.0 Å². The van der Waals surface area contributed by atoms with E-state index in [1.165, 1.54) is 50.6 Å². The first-order valence-electron chi connectivity index (χ1n) is 11.1. The highest BCUT2D eigenvalue weighted by atomic mass is 35.5. The van der Waals surface area contributed by atoms with Crippen molar-refractivity contribution in [1.82, 2.24) is 4.98 Å². The molecule has 1 heterocycles. The zero-order valence-corrected chi connectivity index (χ0v) is 21.1. The maximum Gasteiger partial charge on any atom is 0.272 e. The second-order valence-corrected chi connectivity index (χ2v) is 8.55. The molecule has 8 nitrogen and oxygen atoms in total. The summed E-state index contributed by atoms with van der Waals surface area (Å²) in [5.41, 5.74) is 2.27. The van der Waals surface area contributed by atoms with Crippen molar-refractivity contribution in [1.29, 1.82) is 0 Å². The Balaban J connectivity index is 1.88. The number of nitrogens with two attached hydrogens (primary N) is 1. The third kappa shape index (κ3) is 6.35. The predicted octanol–water partition coefficient (Wildman–Crippen LogP) is 4.54. The minimum atomic E-state index is -3.31. The number of hydrogen-bond acceptors (Lipinski definition) is 7. The second-order valence-electron chi connectivity index (χ2n) is 8.15. The van der Waals surface area contributed by atoms with Crippen LogP contribution in [0.2, 0.25) is 5.02 Å². The number of Topliss-reactive ketones (excluding diaryl/α,β-unsaturated/α-hetero) is 1. The van der Waals surface area contributed by atoms with E-state index < -0.39 is 54.7 Å². The van der Waals surface area contributed by atoms with Gasteiger partial charge in [0, 0.05) is 17.5 Å². The fraction of sp³-hybridized carbons (Fsp3) is 0.269. The molecule has 1 amide bonds. The normalized spacial score (nSPS) is 12.6. The first kappa shape index (κ1) is 28.7. The number of alkyl halides is 2. The molecule has 0 aliphatic heterocycles. The summed E-state index contributed by atoms with van der Waals surface area (Å²) in [5.74, 6) is -1.50. The fourth-order valence-corrected chi connectivity index (χ4v) is 3.79. The molecule has 202 valence electrons. The number of pyridine rings is 1. The van der Waals surface area contributed by atoms with Crippen LogP contribution in [0, 0.1) is 5.82 Å². The zero-order chi connectivity index (χ0) is 28.0. The van der Waals surface area contributed by atoms with Gasteiger partial charge in [0.15, 0.2) is 29.5 Å². The number of rotatable bonds is 12. The van der Waals surface area contributed by atoms with E-state index in [-0.39, 0.29) is 39.1 Å². The Morgan fingerprint density at radius 2 is 1.74 bits per heavy atom. The first-order valence-corrected chi connectivity index (χ1v) is 11.5. The molecular formula is C26H24ClF3N2O6. The van der Waals surface area contributed by atoms with Crippen LogP contribution in [-0.2, 0) is 10.4 Å². The highest BCUT2D eigenvalue weighted by molar-refractivity contribution is 6.31. The van der Waals surface area contributed by atoms with E-state index in [1.54, 1.807) is 0 Å². The smallest absolute Gasteiger partial charge is 0.272 e. The van der Waals surface area contributed by atoms with E-state index in [0.717, 1.165) is 12.1 Å². The molecule has 0 saturated heterocycles. The summed E-state index contributed by atoms with van der Waals surface area (Å²) in [7, 11) is 2.65. The molecule has 0 spiro atoms. The quantitative estimate of drug-likeness (QED) is 0.316. The number of aliphatic hydroxyl groups is 1. The molecule has 0 radical (unpaired) electrons. The van der Waals surface area contributed by atoms with Crippen molar-refractivity contribution in [3.05, 3.63) is 70.6 Å². The zero-order valence-electron chi connectivity index (χ0n) is 20.3. The maximum absolute atomic E-state index is 14.2. The van der Waals surface area contributed by atoms with Gasteiger partial charge in [-0.2, -0.15) is 0 Å². The second kappa shape index (κ2) is 12.1. The molecule has 1 unspecified atom stereocenters. The molecule has 1 aromatic heterocycles. The minimum Gasteiger partial charge on any atom is -0.494 e. The number of ketones is 1. The van der Waals surface area contributed by atoms with Crippen molar-refractivity contribution in [3.63, 3.8) is 0 Å². The van der Waals surface area contributed by atoms with E-state index in [2.05, 4.69) is 4.98 Å². The Labute approximate surface area is 221 Å². The highest BCUT2D eigenvalue weighted by Gasteiger charge is 2.42. The standard InChI is InChI=1S/C26H24ClF3N2O6/c1-36-20-7-8-22(32-24(20)15-3-5-17(28)16(27)11-15)26(35,25(29)30)10-9-18(33)14-4-6-19(21(12-14)37-2)38-13-23(31)34/h3-8,11-12,25,35H,9-10,13H2,1-2H3,(H2,31,34). The van der Waals surface area contributed by atoms with Crippen LogP contribution in [0.4, 0.5) is 13.2 Å². The Hall–Kier alpha value is -3.83. The van der Waals surface area contributed by atoms with Crippen LogP contribution in [0.25, 0.3) is 11.3 Å². The number of hydrogen-bond donors (Lipinski definition) is 2. The van der Waals surface area contributed by atoms with Gasteiger partial charge in [0.2, 0.25) is 0 Å². The first-order chi connectivity index (χ1) is 18.0. The van der Waals surface area contributed by atoms with Gasteiger partial charge in [-0.1, -0.05) is 11.6 Å². The molecule has 38 heavy (non-hydrogen) atoms. The number of primary amides is 1. The van der Waals surface area contributed by atoms with Gasteiger partial charge < -0.3 is 25.1 Å². The SMILES string of the molecule is COc1cc(C(=O)CCC(O)(c2ccc(OC)c(-c3ccc(F)c(Cl)c3)n2)C(F)F)ccc1OCC(N)=O. The van der Waals surface area contributed by atoms with Crippen molar-refractivity contribution in [2.75, 3.05) is 20.8 Å². The molecule has 0 saturated carbocycles. The molecule has 0 aliphatic carbocycles. The van der Waals surface area contributed by atoms with Gasteiger partial charge in [-0.3, -0.25) is 9.59 Å². The van der Waals surface area contributed by atoms with E-state index in [9.17, 15) is 27.9 Å². The predicted molar refractivity (Wildman–Crippen MR) is 132 cm³/mol. The van der Waals surface area contributed by atoms with Crippen LogP contribution in [0.15, 0.2) is 48.5 Å². The summed E-state index contributed by atoms with van der Waals surface area (Å²) in [6.45, 7) is -0.411. The topological polar surface area (TPSA) is 121 Å². The molecule has 3 aromatic rings. The highest BCUT2D eigenvalue weighted by Crippen LogP contribution is 2.38. The lowest BCUT2D eigenvalue weighted by Gasteiger charge is -2.27. The largest absolute Gasteiger partial charge is 0.494 e. The van der Waals surface area contributed by atoms with E-state index >= 15 is 0 Å². The van der Waals surface area contributed by atoms with Gasteiger partial charge in [-0.05, 0) is 55.0 Å². The van der Waals surface area contributed by atoms with Crippen molar-refractivity contribution in [2.24, 2.45) is 5.73 Å². The molecular weight excluding hydrogens is 529 g/mol. The molecule has 3 N–H and O–H groups in total. The fourth-order valence-electron chi connectivity index (χ4n) is 3.61. The Kier molecular flexibility index (Phi) is 9.18. The lowest BCUT2D eigenvalue weighted by molar-refractivity contribution is -0.119. The Morgan fingerprint density at radius 3 is 2.34 bits per heavy atom. The number of carbonyl (C=O) groups excluding carboxylic acids is 2. The Bertz CT molecular complexity index is 1340. The number of aromatic nitrogens is 1. The number of benzene rings is 2. The molecule has 1 atom stereocenters. The number of ether oxygens (including phenoxy) is 3.